The number of rotatable bonds is 6. The third-order valence-corrected chi connectivity index (χ3v) is 5.59. The van der Waals surface area contributed by atoms with Crippen LogP contribution in [0.5, 0.6) is 5.88 Å². The third kappa shape index (κ3) is 5.14. The van der Waals surface area contributed by atoms with E-state index < -0.39 is 6.09 Å². The van der Waals surface area contributed by atoms with Crippen LogP contribution in [0.15, 0.2) is 48.7 Å². The number of nitrogens with zero attached hydrogens (tertiary/aromatic N) is 4. The van der Waals surface area contributed by atoms with Crippen molar-refractivity contribution in [2.24, 2.45) is 0 Å². The second-order valence-electron chi connectivity index (χ2n) is 7.37. The number of halogens is 1. The number of hydrogen-bond donors (Lipinski definition) is 1. The van der Waals surface area contributed by atoms with E-state index in [9.17, 15) is 4.79 Å². The first-order valence-corrected chi connectivity index (χ1v) is 10.6. The predicted molar refractivity (Wildman–Crippen MR) is 115 cm³/mol. The summed E-state index contributed by atoms with van der Waals surface area (Å²) in [5.41, 5.74) is 0.881. The van der Waals surface area contributed by atoms with Crippen LogP contribution in [0.4, 0.5) is 4.79 Å². The predicted octanol–water partition coefficient (Wildman–Crippen LogP) is 4.28. The molecule has 1 amide bonds. The highest BCUT2D eigenvalue weighted by molar-refractivity contribution is 6.30. The molecule has 31 heavy (non-hydrogen) atoms. The first-order valence-electron chi connectivity index (χ1n) is 10.3. The molecule has 9 heteroatoms. The van der Waals surface area contributed by atoms with E-state index in [-0.39, 0.29) is 18.6 Å². The first-order chi connectivity index (χ1) is 15.1. The molecule has 3 aromatic rings. The number of alkyl carbamates (subject to hydrolysis) is 1. The van der Waals surface area contributed by atoms with E-state index in [4.69, 9.17) is 21.1 Å². The van der Waals surface area contributed by atoms with Gasteiger partial charge in [0.1, 0.15) is 11.9 Å². The highest BCUT2D eigenvalue weighted by atomic mass is 35.5. The summed E-state index contributed by atoms with van der Waals surface area (Å²) in [6, 6.07) is 13.1. The minimum atomic E-state index is -0.514. The van der Waals surface area contributed by atoms with Crippen molar-refractivity contribution in [1.82, 2.24) is 25.1 Å². The van der Waals surface area contributed by atoms with E-state index in [0.717, 1.165) is 37.2 Å². The number of pyridine rings is 1. The highest BCUT2D eigenvalue weighted by Gasteiger charge is 2.29. The van der Waals surface area contributed by atoms with Crippen LogP contribution in [0.25, 0.3) is 5.69 Å². The number of ether oxygens (including phenoxy) is 2. The number of hydrogen-bond acceptors (Lipinski definition) is 6. The van der Waals surface area contributed by atoms with Gasteiger partial charge in [-0.2, -0.15) is 0 Å². The van der Waals surface area contributed by atoms with E-state index in [1.807, 2.05) is 47.0 Å². The Bertz CT molecular complexity index is 1000. The second-order valence-corrected chi connectivity index (χ2v) is 7.81. The van der Waals surface area contributed by atoms with E-state index >= 15 is 0 Å². The van der Waals surface area contributed by atoms with Crippen molar-refractivity contribution in [2.75, 3.05) is 7.05 Å². The summed E-state index contributed by atoms with van der Waals surface area (Å²) >= 11 is 6.07. The molecule has 162 valence electrons. The maximum Gasteiger partial charge on any atom is 0.407 e. The van der Waals surface area contributed by atoms with Crippen LogP contribution in [0, 0.1) is 0 Å². The summed E-state index contributed by atoms with van der Waals surface area (Å²) in [6.45, 7) is 0.0213. The lowest BCUT2D eigenvalue weighted by molar-refractivity contribution is 0.136. The van der Waals surface area contributed by atoms with Crippen molar-refractivity contribution in [3.05, 3.63) is 65.3 Å². The Hall–Kier alpha value is -3.13. The van der Waals surface area contributed by atoms with Crippen LogP contribution < -0.4 is 10.1 Å². The SMILES string of the molecule is CNC(=O)OCc1nnc(C2CCC(Oc3ccccn3)CC2)n1-c1ccc(Cl)cc1. The molecule has 0 aliphatic heterocycles. The monoisotopic (exact) mass is 441 g/mol. The lowest BCUT2D eigenvalue weighted by Crippen LogP contribution is -2.25. The molecule has 8 nitrogen and oxygen atoms in total. The molecule has 2 heterocycles. The Morgan fingerprint density at radius 1 is 1.13 bits per heavy atom. The zero-order chi connectivity index (χ0) is 21.6. The topological polar surface area (TPSA) is 91.2 Å². The van der Waals surface area contributed by atoms with Gasteiger partial charge in [-0.1, -0.05) is 17.7 Å². The summed E-state index contributed by atoms with van der Waals surface area (Å²) < 4.78 is 13.2. The zero-order valence-electron chi connectivity index (χ0n) is 17.2. The van der Waals surface area contributed by atoms with Gasteiger partial charge in [0.2, 0.25) is 5.88 Å². The van der Waals surface area contributed by atoms with Crippen LogP contribution in [0.3, 0.4) is 0 Å². The number of carbonyl (C=O) groups excluding carboxylic acids is 1. The van der Waals surface area contributed by atoms with E-state index in [2.05, 4.69) is 20.5 Å². The van der Waals surface area contributed by atoms with Crippen molar-refractivity contribution in [1.29, 1.82) is 0 Å². The molecule has 1 saturated carbocycles. The van der Waals surface area contributed by atoms with Crippen LogP contribution in [-0.4, -0.2) is 39.0 Å². The molecule has 1 aliphatic carbocycles. The smallest absolute Gasteiger partial charge is 0.407 e. The molecular weight excluding hydrogens is 418 g/mol. The van der Waals surface area contributed by atoms with E-state index in [1.54, 1.807) is 6.20 Å². The average Bonchev–Trinajstić information content (AvgIpc) is 3.23. The molecule has 1 aromatic carbocycles. The molecule has 0 bridgehead atoms. The lowest BCUT2D eigenvalue weighted by Gasteiger charge is -2.28. The molecule has 1 N–H and O–H groups in total. The normalized spacial score (nSPS) is 18.4. The van der Waals surface area contributed by atoms with Crippen molar-refractivity contribution < 1.29 is 14.3 Å². The minimum Gasteiger partial charge on any atom is -0.474 e. The van der Waals surface area contributed by atoms with Crippen LogP contribution in [-0.2, 0) is 11.3 Å². The Kier molecular flexibility index (Phi) is 6.66. The van der Waals surface area contributed by atoms with Gasteiger partial charge in [-0.05, 0) is 56.0 Å². The Morgan fingerprint density at radius 3 is 2.58 bits per heavy atom. The van der Waals surface area contributed by atoms with E-state index in [0.29, 0.717) is 16.7 Å². The molecule has 2 aromatic heterocycles. The van der Waals surface area contributed by atoms with Gasteiger partial charge in [-0.3, -0.25) is 4.57 Å². The summed E-state index contributed by atoms with van der Waals surface area (Å²) in [6.07, 6.45) is 4.99. The largest absolute Gasteiger partial charge is 0.474 e. The van der Waals surface area contributed by atoms with Crippen molar-refractivity contribution >= 4 is 17.7 Å². The van der Waals surface area contributed by atoms with Crippen molar-refractivity contribution in [3.8, 4) is 11.6 Å². The number of nitrogens with one attached hydrogen (secondary N) is 1. The third-order valence-electron chi connectivity index (χ3n) is 5.34. The Balaban J connectivity index is 1.51. The fourth-order valence-electron chi connectivity index (χ4n) is 3.79. The van der Waals surface area contributed by atoms with Gasteiger partial charge in [0.15, 0.2) is 12.4 Å². The number of amides is 1. The van der Waals surface area contributed by atoms with Gasteiger partial charge < -0.3 is 14.8 Å². The molecular formula is C22H24ClN5O3. The van der Waals surface area contributed by atoms with Crippen LogP contribution >= 0.6 is 11.6 Å². The molecule has 1 fully saturated rings. The van der Waals surface area contributed by atoms with Crippen LogP contribution in [0.2, 0.25) is 5.02 Å². The Labute approximate surface area is 185 Å². The summed E-state index contributed by atoms with van der Waals surface area (Å²) in [7, 11) is 1.52. The molecule has 0 spiro atoms. The first kappa shape index (κ1) is 21.1. The van der Waals surface area contributed by atoms with Crippen molar-refractivity contribution in [2.45, 2.75) is 44.3 Å². The molecule has 0 radical (unpaired) electrons. The second kappa shape index (κ2) is 9.78. The average molecular weight is 442 g/mol. The summed E-state index contributed by atoms with van der Waals surface area (Å²) in [5.74, 6) is 2.30. The quantitative estimate of drug-likeness (QED) is 0.614. The molecule has 0 unspecified atom stereocenters. The Morgan fingerprint density at radius 2 is 1.90 bits per heavy atom. The maximum atomic E-state index is 11.5. The molecule has 4 rings (SSSR count). The summed E-state index contributed by atoms with van der Waals surface area (Å²) in [5, 5.41) is 11.9. The fourth-order valence-corrected chi connectivity index (χ4v) is 3.91. The van der Waals surface area contributed by atoms with Gasteiger partial charge in [-0.25, -0.2) is 9.78 Å². The standard InChI is InChI=1S/C22H24ClN5O3/c1-24-22(29)30-14-19-26-27-21(28(19)17-9-7-16(23)8-10-17)15-5-11-18(12-6-15)31-20-4-2-3-13-25-20/h2-4,7-10,13,15,18H,5-6,11-12,14H2,1H3,(H,24,29). The molecule has 0 saturated heterocycles. The van der Waals surface area contributed by atoms with Crippen LogP contribution in [0.1, 0.15) is 43.3 Å². The number of aromatic nitrogens is 4. The van der Waals surface area contributed by atoms with E-state index in [1.165, 1.54) is 7.05 Å². The van der Waals surface area contributed by atoms with Gasteiger partial charge in [0.25, 0.3) is 0 Å². The van der Waals surface area contributed by atoms with Gasteiger partial charge in [-0.15, -0.1) is 10.2 Å². The van der Waals surface area contributed by atoms with Crippen molar-refractivity contribution in [3.63, 3.8) is 0 Å². The maximum absolute atomic E-state index is 11.5. The minimum absolute atomic E-state index is 0.0213. The van der Waals surface area contributed by atoms with Gasteiger partial charge in [0.05, 0.1) is 0 Å². The zero-order valence-corrected chi connectivity index (χ0v) is 18.0. The highest BCUT2D eigenvalue weighted by Crippen LogP contribution is 2.35. The number of carbonyl (C=O) groups is 1. The number of benzene rings is 1. The molecule has 1 aliphatic rings. The van der Waals surface area contributed by atoms with Gasteiger partial charge >= 0.3 is 6.09 Å². The molecule has 0 atom stereocenters. The summed E-state index contributed by atoms with van der Waals surface area (Å²) in [4.78, 5) is 15.8. The van der Waals surface area contributed by atoms with Gasteiger partial charge in [0, 0.05) is 35.9 Å². The lowest BCUT2D eigenvalue weighted by atomic mass is 9.86. The fraction of sp³-hybridized carbons (Fsp3) is 0.364.